The number of aromatic nitrogens is 2. The van der Waals surface area contributed by atoms with E-state index in [1.165, 1.54) is 17.0 Å². The third-order valence-electron chi connectivity index (χ3n) is 6.27. The first-order valence-electron chi connectivity index (χ1n) is 12.5. The van der Waals surface area contributed by atoms with Gasteiger partial charge in [0.25, 0.3) is 0 Å². The first kappa shape index (κ1) is 26.6. The highest BCUT2D eigenvalue weighted by Gasteiger charge is 2.32. The number of anilines is 2. The Morgan fingerprint density at radius 3 is 2.45 bits per heavy atom. The first-order valence-corrected chi connectivity index (χ1v) is 12.5. The van der Waals surface area contributed by atoms with E-state index in [1.807, 2.05) is 42.7 Å². The van der Waals surface area contributed by atoms with Gasteiger partial charge in [0, 0.05) is 30.9 Å². The molecule has 4 rings (SSSR count). The quantitative estimate of drug-likeness (QED) is 0.340. The van der Waals surface area contributed by atoms with E-state index in [0.29, 0.717) is 42.5 Å². The van der Waals surface area contributed by atoms with E-state index in [9.17, 15) is 23.9 Å². The van der Waals surface area contributed by atoms with Gasteiger partial charge in [-0.25, -0.2) is 14.2 Å². The van der Waals surface area contributed by atoms with Crippen LogP contribution >= 0.6 is 0 Å². The zero-order valence-corrected chi connectivity index (χ0v) is 21.3. The van der Waals surface area contributed by atoms with Crippen molar-refractivity contribution in [3.63, 3.8) is 0 Å². The van der Waals surface area contributed by atoms with Crippen molar-refractivity contribution in [2.24, 2.45) is 0 Å². The SMILES string of the molecule is CCCNC(=O)C[C@H](NC(=O)O)C(=O)N1CCn2c(nc(-c3ccc(F)cc3)c2Nc2ccc(C)cc2)C1. The molecule has 2 heterocycles. The number of amides is 3. The van der Waals surface area contributed by atoms with Crippen molar-refractivity contribution >= 4 is 29.4 Å². The predicted molar refractivity (Wildman–Crippen MR) is 140 cm³/mol. The molecular weight excluding hydrogens is 491 g/mol. The van der Waals surface area contributed by atoms with E-state index in [4.69, 9.17) is 4.98 Å². The second kappa shape index (κ2) is 11.8. The average Bonchev–Trinajstić information content (AvgIpc) is 3.25. The minimum Gasteiger partial charge on any atom is -0.465 e. The number of hydrogen-bond donors (Lipinski definition) is 4. The molecule has 0 unspecified atom stereocenters. The van der Waals surface area contributed by atoms with E-state index in [-0.39, 0.29) is 18.8 Å². The van der Waals surface area contributed by atoms with Crippen LogP contribution in [0.1, 0.15) is 31.2 Å². The largest absolute Gasteiger partial charge is 0.465 e. The van der Waals surface area contributed by atoms with Gasteiger partial charge in [0.1, 0.15) is 29.2 Å². The summed E-state index contributed by atoms with van der Waals surface area (Å²) in [5, 5.41) is 17.5. The van der Waals surface area contributed by atoms with E-state index in [1.54, 1.807) is 12.1 Å². The van der Waals surface area contributed by atoms with Crippen LogP contribution < -0.4 is 16.0 Å². The average molecular weight is 523 g/mol. The topological polar surface area (TPSA) is 129 Å². The number of carboxylic acid groups (broad SMARTS) is 1. The van der Waals surface area contributed by atoms with Crippen molar-refractivity contribution in [2.75, 3.05) is 18.4 Å². The fourth-order valence-electron chi connectivity index (χ4n) is 4.32. The lowest BCUT2D eigenvalue weighted by Crippen LogP contribution is -2.52. The van der Waals surface area contributed by atoms with Gasteiger partial charge in [0.2, 0.25) is 11.8 Å². The van der Waals surface area contributed by atoms with Gasteiger partial charge in [-0.1, -0.05) is 24.6 Å². The molecule has 0 aliphatic carbocycles. The summed E-state index contributed by atoms with van der Waals surface area (Å²) in [5.41, 5.74) is 3.28. The first-order chi connectivity index (χ1) is 18.2. The number of nitrogens with one attached hydrogen (secondary N) is 3. The number of carbonyl (C=O) groups is 3. The van der Waals surface area contributed by atoms with E-state index >= 15 is 0 Å². The zero-order valence-electron chi connectivity index (χ0n) is 21.3. The third-order valence-corrected chi connectivity index (χ3v) is 6.27. The smallest absolute Gasteiger partial charge is 0.405 e. The summed E-state index contributed by atoms with van der Waals surface area (Å²) in [7, 11) is 0. The minimum absolute atomic E-state index is 0.122. The van der Waals surface area contributed by atoms with Crippen molar-refractivity contribution in [2.45, 2.75) is 45.8 Å². The van der Waals surface area contributed by atoms with Crippen LogP contribution in [0.2, 0.25) is 0 Å². The molecule has 0 fully saturated rings. The van der Waals surface area contributed by atoms with Crippen molar-refractivity contribution in [1.82, 2.24) is 25.1 Å². The van der Waals surface area contributed by atoms with Crippen molar-refractivity contribution in [3.05, 3.63) is 65.7 Å². The number of halogens is 1. The zero-order chi connectivity index (χ0) is 27.2. The normalized spacial score (nSPS) is 13.4. The van der Waals surface area contributed by atoms with Crippen molar-refractivity contribution in [1.29, 1.82) is 0 Å². The van der Waals surface area contributed by atoms with Crippen LogP contribution in [0, 0.1) is 12.7 Å². The van der Waals surface area contributed by atoms with Crippen LogP contribution in [0.4, 0.5) is 20.7 Å². The Morgan fingerprint density at radius 1 is 1.08 bits per heavy atom. The van der Waals surface area contributed by atoms with Crippen LogP contribution in [0.3, 0.4) is 0 Å². The van der Waals surface area contributed by atoms with Gasteiger partial charge in [0.05, 0.1) is 13.0 Å². The van der Waals surface area contributed by atoms with Gasteiger partial charge in [-0.15, -0.1) is 0 Å². The van der Waals surface area contributed by atoms with Gasteiger partial charge in [-0.05, 0) is 49.7 Å². The molecule has 0 saturated heterocycles. The molecule has 0 bridgehead atoms. The minimum atomic E-state index is -1.38. The lowest BCUT2D eigenvalue weighted by atomic mass is 10.1. The van der Waals surface area contributed by atoms with Crippen LogP contribution in [-0.2, 0) is 22.7 Å². The monoisotopic (exact) mass is 522 g/mol. The molecule has 10 nitrogen and oxygen atoms in total. The molecule has 2 aromatic carbocycles. The van der Waals surface area contributed by atoms with Gasteiger partial charge >= 0.3 is 6.09 Å². The molecule has 1 atom stereocenters. The second-order valence-electron chi connectivity index (χ2n) is 9.19. The molecule has 3 amide bonds. The predicted octanol–water partition coefficient (Wildman–Crippen LogP) is 3.64. The van der Waals surface area contributed by atoms with E-state index in [0.717, 1.165) is 17.7 Å². The Balaban J connectivity index is 1.62. The van der Waals surface area contributed by atoms with Crippen molar-refractivity contribution < 1.29 is 23.9 Å². The summed E-state index contributed by atoms with van der Waals surface area (Å²) in [4.78, 5) is 43.2. The molecule has 1 aromatic heterocycles. The second-order valence-corrected chi connectivity index (χ2v) is 9.19. The number of benzene rings is 2. The summed E-state index contributed by atoms with van der Waals surface area (Å²) < 4.78 is 15.6. The standard InChI is InChI=1S/C27H31FN6O4/c1-3-12-29-23(35)15-21(31-27(37)38)26(36)33-13-14-34-22(16-33)32-24(18-6-8-19(28)9-7-18)25(34)30-20-10-4-17(2)5-11-20/h4-11,21,30-31H,3,12-16H2,1-2H3,(H,29,35)(H,37,38)/t21-/m0/s1. The van der Waals surface area contributed by atoms with Crippen LogP contribution in [0.15, 0.2) is 48.5 Å². The fourth-order valence-corrected chi connectivity index (χ4v) is 4.32. The summed E-state index contributed by atoms with van der Waals surface area (Å²) in [5.74, 6) is 0.0394. The highest BCUT2D eigenvalue weighted by atomic mass is 19.1. The van der Waals surface area contributed by atoms with Gasteiger partial charge in [-0.3, -0.25) is 9.59 Å². The molecule has 3 aromatic rings. The van der Waals surface area contributed by atoms with Crippen LogP contribution in [0.5, 0.6) is 0 Å². The summed E-state index contributed by atoms with van der Waals surface area (Å²) in [6.45, 7) is 5.15. The van der Waals surface area contributed by atoms with Gasteiger partial charge in [-0.2, -0.15) is 0 Å². The Labute approximate surface area is 219 Å². The van der Waals surface area contributed by atoms with E-state index < -0.39 is 23.9 Å². The number of aryl methyl sites for hydroxylation is 1. The Morgan fingerprint density at radius 2 is 1.79 bits per heavy atom. The molecule has 1 aliphatic rings. The molecule has 200 valence electrons. The maximum atomic E-state index is 13.6. The summed E-state index contributed by atoms with van der Waals surface area (Å²) in [6.07, 6.45) is -0.953. The molecule has 4 N–H and O–H groups in total. The highest BCUT2D eigenvalue weighted by molar-refractivity contribution is 5.91. The van der Waals surface area contributed by atoms with Crippen LogP contribution in [-0.4, -0.2) is 56.6 Å². The number of hydrogen-bond acceptors (Lipinski definition) is 5. The molecule has 1 aliphatic heterocycles. The highest BCUT2D eigenvalue weighted by Crippen LogP contribution is 2.33. The van der Waals surface area contributed by atoms with Crippen molar-refractivity contribution in [3.8, 4) is 11.3 Å². The maximum absolute atomic E-state index is 13.6. The molecule has 0 saturated carbocycles. The lowest BCUT2D eigenvalue weighted by Gasteiger charge is -2.31. The van der Waals surface area contributed by atoms with E-state index in [2.05, 4.69) is 16.0 Å². The Kier molecular flexibility index (Phi) is 8.25. The number of carbonyl (C=O) groups excluding carboxylic acids is 2. The third kappa shape index (κ3) is 6.28. The summed E-state index contributed by atoms with van der Waals surface area (Å²) >= 11 is 0. The number of imidazole rings is 1. The number of rotatable bonds is 9. The molecule has 0 radical (unpaired) electrons. The summed E-state index contributed by atoms with van der Waals surface area (Å²) in [6, 6.07) is 12.7. The molecule has 11 heteroatoms. The number of fused-ring (bicyclic) bond motifs is 1. The Bertz CT molecular complexity index is 1310. The molecule has 38 heavy (non-hydrogen) atoms. The van der Waals surface area contributed by atoms with Gasteiger partial charge < -0.3 is 30.5 Å². The van der Waals surface area contributed by atoms with Gasteiger partial charge in [0.15, 0.2) is 0 Å². The Hall–Kier alpha value is -4.41. The lowest BCUT2D eigenvalue weighted by molar-refractivity contribution is -0.137. The molecule has 0 spiro atoms. The fraction of sp³-hybridized carbons (Fsp3) is 0.333. The van der Waals surface area contributed by atoms with Crippen LogP contribution in [0.25, 0.3) is 11.3 Å². The molecular formula is C27H31FN6O4. The number of nitrogens with zero attached hydrogens (tertiary/aromatic N) is 3. The maximum Gasteiger partial charge on any atom is 0.405 e.